The molecule has 1 fully saturated rings. The molecular weight excluding hydrogens is 350 g/mol. The summed E-state index contributed by atoms with van der Waals surface area (Å²) in [6, 6.07) is 9.26. The van der Waals surface area contributed by atoms with Crippen LogP contribution >= 0.6 is 0 Å². The molecule has 3 rings (SSSR count). The van der Waals surface area contributed by atoms with E-state index >= 15 is 0 Å². The van der Waals surface area contributed by atoms with E-state index in [9.17, 15) is 19.7 Å². The Hall–Kier alpha value is -3.49. The van der Waals surface area contributed by atoms with Crippen LogP contribution in [0.4, 0.5) is 11.4 Å². The van der Waals surface area contributed by atoms with E-state index < -0.39 is 10.8 Å². The molecule has 0 atom stereocenters. The van der Waals surface area contributed by atoms with Crippen molar-refractivity contribution >= 4 is 23.2 Å². The number of nitrogens with one attached hydrogen (secondary N) is 1. The fraction of sp³-hybridized carbons (Fsp3) is 0.278. The first-order valence-electron chi connectivity index (χ1n) is 8.50. The predicted octanol–water partition coefficient (Wildman–Crippen LogP) is 1.07. The van der Waals surface area contributed by atoms with Crippen LogP contribution in [0, 0.1) is 10.1 Å². The van der Waals surface area contributed by atoms with Crippen molar-refractivity contribution in [2.24, 2.45) is 0 Å². The molecule has 2 heterocycles. The van der Waals surface area contributed by atoms with Gasteiger partial charge >= 0.3 is 0 Å². The lowest BCUT2D eigenvalue weighted by atomic mass is 10.2. The maximum absolute atomic E-state index is 12.3. The highest BCUT2D eigenvalue weighted by molar-refractivity contribution is 5.97. The van der Waals surface area contributed by atoms with Crippen LogP contribution in [0.5, 0.6) is 0 Å². The van der Waals surface area contributed by atoms with E-state index in [1.807, 2.05) is 12.1 Å². The molecule has 9 nitrogen and oxygen atoms in total. The van der Waals surface area contributed by atoms with Crippen LogP contribution in [0.25, 0.3) is 0 Å². The van der Waals surface area contributed by atoms with E-state index in [0.29, 0.717) is 26.2 Å². The summed E-state index contributed by atoms with van der Waals surface area (Å²) in [5.41, 5.74) is 1.05. The molecule has 1 aromatic carbocycles. The Bertz CT molecular complexity index is 835. The third-order valence-electron chi connectivity index (χ3n) is 4.38. The fourth-order valence-corrected chi connectivity index (χ4v) is 2.90. The minimum Gasteiger partial charge on any atom is -0.368 e. The second-order valence-corrected chi connectivity index (χ2v) is 6.06. The zero-order chi connectivity index (χ0) is 19.2. The Labute approximate surface area is 155 Å². The Balaban J connectivity index is 1.49. The Morgan fingerprint density at radius 1 is 1.11 bits per heavy atom. The molecule has 0 radical (unpaired) electrons. The van der Waals surface area contributed by atoms with E-state index in [1.54, 1.807) is 17.3 Å². The van der Waals surface area contributed by atoms with Gasteiger partial charge in [0.05, 0.1) is 11.5 Å². The van der Waals surface area contributed by atoms with Gasteiger partial charge in [-0.05, 0) is 18.2 Å². The fourth-order valence-electron chi connectivity index (χ4n) is 2.90. The molecule has 2 aromatic rings. The quantitative estimate of drug-likeness (QED) is 0.624. The van der Waals surface area contributed by atoms with Crippen molar-refractivity contribution in [2.75, 3.05) is 37.6 Å². The molecule has 1 aromatic heterocycles. The van der Waals surface area contributed by atoms with Gasteiger partial charge in [0.25, 0.3) is 11.6 Å². The number of hydrogen-bond donors (Lipinski definition) is 1. The van der Waals surface area contributed by atoms with E-state index in [2.05, 4.69) is 15.2 Å². The molecule has 0 spiro atoms. The number of nitro groups is 1. The van der Waals surface area contributed by atoms with Gasteiger partial charge in [-0.25, -0.2) is 0 Å². The lowest BCUT2D eigenvalue weighted by molar-refractivity contribution is -0.384. The summed E-state index contributed by atoms with van der Waals surface area (Å²) in [6.45, 7) is 2.39. The maximum Gasteiger partial charge on any atom is 0.270 e. The number of hydrogen-bond acceptors (Lipinski definition) is 6. The molecule has 1 saturated heterocycles. The first-order chi connectivity index (χ1) is 13.0. The number of nitro benzene ring substituents is 1. The minimum absolute atomic E-state index is 0.142. The highest BCUT2D eigenvalue weighted by atomic mass is 16.6. The summed E-state index contributed by atoms with van der Waals surface area (Å²) < 4.78 is 0. The first-order valence-corrected chi connectivity index (χ1v) is 8.50. The third-order valence-corrected chi connectivity index (χ3v) is 4.38. The Morgan fingerprint density at radius 3 is 2.48 bits per heavy atom. The summed E-state index contributed by atoms with van der Waals surface area (Å²) in [6.07, 6.45) is 3.46. The van der Waals surface area contributed by atoms with Gasteiger partial charge in [-0.3, -0.25) is 24.7 Å². The molecule has 1 aliphatic heterocycles. The number of piperazine rings is 1. The van der Waals surface area contributed by atoms with E-state index in [0.717, 1.165) is 5.69 Å². The Kier molecular flexibility index (Phi) is 5.60. The number of carbonyl (C=O) groups is 2. The van der Waals surface area contributed by atoms with Crippen molar-refractivity contribution in [1.82, 2.24) is 15.2 Å². The van der Waals surface area contributed by atoms with Crippen LogP contribution in [0.15, 0.2) is 48.8 Å². The zero-order valence-electron chi connectivity index (χ0n) is 14.6. The lowest BCUT2D eigenvalue weighted by Gasteiger charge is -2.36. The number of carbonyl (C=O) groups excluding carboxylic acids is 2. The molecule has 0 unspecified atom stereocenters. The predicted molar refractivity (Wildman–Crippen MR) is 98.5 cm³/mol. The van der Waals surface area contributed by atoms with Crippen molar-refractivity contribution in [3.05, 3.63) is 64.5 Å². The molecule has 0 aliphatic carbocycles. The number of rotatable bonds is 5. The van der Waals surface area contributed by atoms with Crippen LogP contribution in [0.1, 0.15) is 10.4 Å². The number of benzene rings is 1. The highest BCUT2D eigenvalue weighted by Crippen LogP contribution is 2.15. The van der Waals surface area contributed by atoms with Gasteiger partial charge in [0.2, 0.25) is 5.91 Å². The van der Waals surface area contributed by atoms with Crippen molar-refractivity contribution in [1.29, 1.82) is 0 Å². The van der Waals surface area contributed by atoms with E-state index in [4.69, 9.17) is 0 Å². The van der Waals surface area contributed by atoms with Crippen molar-refractivity contribution in [3.63, 3.8) is 0 Å². The average Bonchev–Trinajstić information content (AvgIpc) is 2.72. The second kappa shape index (κ2) is 8.26. The summed E-state index contributed by atoms with van der Waals surface area (Å²) >= 11 is 0. The first kappa shape index (κ1) is 18.3. The maximum atomic E-state index is 12.3. The molecule has 140 valence electrons. The minimum atomic E-state index is -0.565. The molecular formula is C18H19N5O4. The van der Waals surface area contributed by atoms with E-state index in [1.165, 1.54) is 24.3 Å². The van der Waals surface area contributed by atoms with Crippen molar-refractivity contribution in [3.8, 4) is 0 Å². The number of pyridine rings is 1. The number of anilines is 1. The molecule has 1 N–H and O–H groups in total. The molecule has 0 saturated carbocycles. The van der Waals surface area contributed by atoms with E-state index in [-0.39, 0.29) is 23.7 Å². The van der Waals surface area contributed by atoms with Crippen molar-refractivity contribution < 1.29 is 14.5 Å². The molecule has 0 bridgehead atoms. The van der Waals surface area contributed by atoms with Crippen LogP contribution in [0.3, 0.4) is 0 Å². The zero-order valence-corrected chi connectivity index (χ0v) is 14.6. The van der Waals surface area contributed by atoms with Gasteiger partial charge < -0.3 is 15.1 Å². The summed E-state index contributed by atoms with van der Waals surface area (Å²) in [4.78, 5) is 42.5. The van der Waals surface area contributed by atoms with Crippen LogP contribution < -0.4 is 10.2 Å². The number of non-ortho nitro benzene ring substituents is 1. The SMILES string of the molecule is O=C(NCC(=O)N1CCN(c2ccncc2)CC1)c1cccc([N+](=O)[O-])c1. The van der Waals surface area contributed by atoms with Crippen LogP contribution in [-0.4, -0.2) is 59.3 Å². The van der Waals surface area contributed by atoms with Crippen LogP contribution in [0.2, 0.25) is 0 Å². The molecule has 2 amide bonds. The molecule has 27 heavy (non-hydrogen) atoms. The summed E-state index contributed by atoms with van der Waals surface area (Å²) in [5.74, 6) is -0.689. The van der Waals surface area contributed by atoms with Gasteiger partial charge in [0.15, 0.2) is 0 Å². The third kappa shape index (κ3) is 4.57. The highest BCUT2D eigenvalue weighted by Gasteiger charge is 2.22. The average molecular weight is 369 g/mol. The standard InChI is InChI=1S/C18H19N5O4/c24-17(13-20-18(25)14-2-1-3-16(12-14)23(26)27)22-10-8-21(9-11-22)15-4-6-19-7-5-15/h1-7,12H,8-11,13H2,(H,20,25). The normalized spacial score (nSPS) is 13.9. The van der Waals surface area contributed by atoms with Gasteiger partial charge in [-0.15, -0.1) is 0 Å². The number of aromatic nitrogens is 1. The monoisotopic (exact) mass is 369 g/mol. The van der Waals surface area contributed by atoms with Gasteiger partial charge in [0.1, 0.15) is 0 Å². The second-order valence-electron chi connectivity index (χ2n) is 6.06. The van der Waals surface area contributed by atoms with Gasteiger partial charge in [-0.2, -0.15) is 0 Å². The smallest absolute Gasteiger partial charge is 0.270 e. The Morgan fingerprint density at radius 2 is 1.81 bits per heavy atom. The van der Waals surface area contributed by atoms with Gasteiger partial charge in [0, 0.05) is 62.0 Å². The number of amides is 2. The topological polar surface area (TPSA) is 109 Å². The molecule has 1 aliphatic rings. The molecule has 9 heteroatoms. The van der Waals surface area contributed by atoms with Gasteiger partial charge in [-0.1, -0.05) is 6.07 Å². The lowest BCUT2D eigenvalue weighted by Crippen LogP contribution is -2.51. The summed E-state index contributed by atoms with van der Waals surface area (Å²) in [5, 5.41) is 13.3. The van der Waals surface area contributed by atoms with Crippen LogP contribution in [-0.2, 0) is 4.79 Å². The number of nitrogens with zero attached hydrogens (tertiary/aromatic N) is 4. The summed E-state index contributed by atoms with van der Waals surface area (Å²) in [7, 11) is 0. The largest absolute Gasteiger partial charge is 0.368 e. The van der Waals surface area contributed by atoms with Crippen molar-refractivity contribution in [2.45, 2.75) is 0 Å².